The standard InChI is InChI=1S/C19H12F4N4O2/c20-10-6-9(8-24)16-11(7-10)15(17(27-16)29-18(28)19(21,22)23)14-4-3-12-13(26-14)2-1-5-25-12/h1-7,27H,8,24H2. The van der Waals surface area contributed by atoms with Crippen LogP contribution in [0.25, 0.3) is 33.2 Å². The van der Waals surface area contributed by atoms with Gasteiger partial charge in [0.25, 0.3) is 0 Å². The van der Waals surface area contributed by atoms with E-state index < -0.39 is 23.8 Å². The first kappa shape index (κ1) is 18.8. The van der Waals surface area contributed by atoms with Gasteiger partial charge in [0, 0.05) is 18.1 Å². The molecule has 3 aromatic heterocycles. The number of aromatic nitrogens is 3. The number of H-pyrrole nitrogens is 1. The quantitative estimate of drug-likeness (QED) is 0.400. The summed E-state index contributed by atoms with van der Waals surface area (Å²) in [7, 11) is 0. The van der Waals surface area contributed by atoms with Gasteiger partial charge in [-0.1, -0.05) is 0 Å². The fraction of sp³-hybridized carbons (Fsp3) is 0.105. The summed E-state index contributed by atoms with van der Waals surface area (Å²) in [6.07, 6.45) is -3.65. The molecule has 4 aromatic rings. The molecule has 3 heterocycles. The van der Waals surface area contributed by atoms with Crippen molar-refractivity contribution < 1.29 is 27.1 Å². The molecule has 1 aromatic carbocycles. The molecule has 148 valence electrons. The van der Waals surface area contributed by atoms with E-state index in [-0.39, 0.29) is 28.7 Å². The van der Waals surface area contributed by atoms with E-state index in [1.165, 1.54) is 6.07 Å². The number of fused-ring (bicyclic) bond motifs is 2. The second-order valence-electron chi connectivity index (χ2n) is 6.15. The van der Waals surface area contributed by atoms with Crippen molar-refractivity contribution in [2.45, 2.75) is 12.7 Å². The maximum atomic E-state index is 14.1. The minimum absolute atomic E-state index is 0.0116. The average molecular weight is 404 g/mol. The summed E-state index contributed by atoms with van der Waals surface area (Å²) in [4.78, 5) is 22.6. The number of carbonyl (C=O) groups excluding carboxylic acids is 1. The van der Waals surface area contributed by atoms with Gasteiger partial charge in [-0.15, -0.1) is 0 Å². The second kappa shape index (κ2) is 6.82. The van der Waals surface area contributed by atoms with Gasteiger partial charge in [-0.3, -0.25) is 4.98 Å². The molecule has 0 fully saturated rings. The molecule has 0 radical (unpaired) electrons. The van der Waals surface area contributed by atoms with Crippen molar-refractivity contribution in [2.75, 3.05) is 0 Å². The number of hydrogen-bond acceptors (Lipinski definition) is 5. The lowest BCUT2D eigenvalue weighted by molar-refractivity contribution is -0.189. The van der Waals surface area contributed by atoms with Crippen LogP contribution in [0.4, 0.5) is 17.6 Å². The number of ether oxygens (including phenoxy) is 1. The Kier molecular flexibility index (Phi) is 4.42. The van der Waals surface area contributed by atoms with Gasteiger partial charge < -0.3 is 15.5 Å². The molecule has 0 amide bonds. The Hall–Kier alpha value is -3.53. The van der Waals surface area contributed by atoms with E-state index in [0.717, 1.165) is 12.1 Å². The number of nitrogens with two attached hydrogens (primary N) is 1. The zero-order valence-corrected chi connectivity index (χ0v) is 14.5. The maximum absolute atomic E-state index is 14.1. The number of aromatic amines is 1. The number of benzene rings is 1. The Morgan fingerprint density at radius 1 is 1.17 bits per heavy atom. The molecular weight excluding hydrogens is 392 g/mol. The van der Waals surface area contributed by atoms with Crippen molar-refractivity contribution in [1.29, 1.82) is 0 Å². The Balaban J connectivity index is 1.99. The molecule has 10 heteroatoms. The number of nitrogens with zero attached hydrogens (tertiary/aromatic N) is 2. The molecule has 0 bridgehead atoms. The predicted octanol–water partition coefficient (Wildman–Crippen LogP) is 3.84. The summed E-state index contributed by atoms with van der Waals surface area (Å²) < 4.78 is 56.9. The van der Waals surface area contributed by atoms with Crippen molar-refractivity contribution in [1.82, 2.24) is 15.0 Å². The van der Waals surface area contributed by atoms with Gasteiger partial charge in [0.05, 0.1) is 27.8 Å². The first-order chi connectivity index (χ1) is 13.8. The number of carbonyl (C=O) groups is 1. The molecule has 0 saturated heterocycles. The third-order valence-corrected chi connectivity index (χ3v) is 4.28. The molecule has 0 spiro atoms. The van der Waals surface area contributed by atoms with Crippen LogP contribution in [-0.4, -0.2) is 27.1 Å². The number of hydrogen-bond donors (Lipinski definition) is 2. The second-order valence-corrected chi connectivity index (χ2v) is 6.15. The van der Waals surface area contributed by atoms with E-state index >= 15 is 0 Å². The highest BCUT2D eigenvalue weighted by atomic mass is 19.4. The van der Waals surface area contributed by atoms with Crippen LogP contribution in [0.15, 0.2) is 42.6 Å². The lowest BCUT2D eigenvalue weighted by atomic mass is 10.1. The van der Waals surface area contributed by atoms with E-state index in [4.69, 9.17) is 5.73 Å². The van der Waals surface area contributed by atoms with Gasteiger partial charge in [-0.2, -0.15) is 13.2 Å². The Morgan fingerprint density at radius 3 is 2.69 bits per heavy atom. The molecule has 0 saturated carbocycles. The molecule has 0 unspecified atom stereocenters. The lowest BCUT2D eigenvalue weighted by Gasteiger charge is -2.08. The maximum Gasteiger partial charge on any atom is 0.491 e. The third kappa shape index (κ3) is 3.38. The molecule has 4 rings (SSSR count). The summed E-state index contributed by atoms with van der Waals surface area (Å²) in [5, 5.41) is 0.186. The first-order valence-electron chi connectivity index (χ1n) is 8.33. The van der Waals surface area contributed by atoms with Crippen LogP contribution in [0.1, 0.15) is 5.56 Å². The summed E-state index contributed by atoms with van der Waals surface area (Å²) in [5.74, 6) is -3.56. The molecule has 29 heavy (non-hydrogen) atoms. The Morgan fingerprint density at radius 2 is 1.97 bits per heavy atom. The smallest absolute Gasteiger partial charge is 0.402 e. The molecular formula is C19H12F4N4O2. The van der Waals surface area contributed by atoms with Gasteiger partial charge in [0.15, 0.2) is 0 Å². The fourth-order valence-electron chi connectivity index (χ4n) is 3.04. The van der Waals surface area contributed by atoms with Crippen LogP contribution >= 0.6 is 0 Å². The van der Waals surface area contributed by atoms with E-state index in [9.17, 15) is 22.4 Å². The minimum atomic E-state index is -5.21. The molecule has 0 aliphatic rings. The number of pyridine rings is 2. The SMILES string of the molecule is NCc1cc(F)cc2c(-c3ccc4ncccc4n3)c(OC(=O)C(F)(F)F)[nH]c12. The normalized spacial score (nSPS) is 11.9. The zero-order valence-electron chi connectivity index (χ0n) is 14.5. The van der Waals surface area contributed by atoms with E-state index in [1.54, 1.807) is 24.4 Å². The van der Waals surface area contributed by atoms with E-state index in [1.807, 2.05) is 0 Å². The van der Waals surface area contributed by atoms with E-state index in [2.05, 4.69) is 19.7 Å². The summed E-state index contributed by atoms with van der Waals surface area (Å²) >= 11 is 0. The molecule has 6 nitrogen and oxygen atoms in total. The molecule has 3 N–H and O–H groups in total. The highest BCUT2D eigenvalue weighted by Gasteiger charge is 2.42. The van der Waals surface area contributed by atoms with Crippen molar-refractivity contribution in [3.63, 3.8) is 0 Å². The number of nitrogens with one attached hydrogen (secondary N) is 1. The topological polar surface area (TPSA) is 93.9 Å². The largest absolute Gasteiger partial charge is 0.491 e. The first-order valence-corrected chi connectivity index (χ1v) is 8.33. The third-order valence-electron chi connectivity index (χ3n) is 4.28. The van der Waals surface area contributed by atoms with Crippen molar-refractivity contribution in [3.05, 3.63) is 54.0 Å². The molecule has 0 aliphatic carbocycles. The Bertz CT molecular complexity index is 1250. The van der Waals surface area contributed by atoms with Gasteiger partial charge in [0.2, 0.25) is 5.88 Å². The van der Waals surface area contributed by atoms with Crippen molar-refractivity contribution >= 4 is 27.9 Å². The lowest BCUT2D eigenvalue weighted by Crippen LogP contribution is -2.28. The average Bonchev–Trinajstić information content (AvgIpc) is 3.03. The van der Waals surface area contributed by atoms with Crippen LogP contribution in [0, 0.1) is 5.82 Å². The summed E-state index contributed by atoms with van der Waals surface area (Å²) in [6.45, 7) is -0.0874. The zero-order chi connectivity index (χ0) is 20.8. The molecule has 0 aliphatic heterocycles. The van der Waals surface area contributed by atoms with Crippen LogP contribution in [0.5, 0.6) is 5.88 Å². The van der Waals surface area contributed by atoms with Crippen LogP contribution in [0.2, 0.25) is 0 Å². The van der Waals surface area contributed by atoms with Gasteiger partial charge >= 0.3 is 12.1 Å². The van der Waals surface area contributed by atoms with Crippen molar-refractivity contribution in [2.24, 2.45) is 5.73 Å². The fourth-order valence-corrected chi connectivity index (χ4v) is 3.04. The van der Waals surface area contributed by atoms with E-state index in [0.29, 0.717) is 16.6 Å². The summed E-state index contributed by atoms with van der Waals surface area (Å²) in [5.41, 5.74) is 7.39. The van der Waals surface area contributed by atoms with Gasteiger partial charge in [-0.05, 0) is 42.0 Å². The van der Waals surface area contributed by atoms with Gasteiger partial charge in [-0.25, -0.2) is 14.2 Å². The highest BCUT2D eigenvalue weighted by molar-refractivity contribution is 6.01. The Labute approximate surface area is 160 Å². The van der Waals surface area contributed by atoms with Crippen LogP contribution < -0.4 is 10.5 Å². The number of alkyl halides is 3. The van der Waals surface area contributed by atoms with Gasteiger partial charge in [0.1, 0.15) is 5.82 Å². The van der Waals surface area contributed by atoms with Crippen molar-refractivity contribution in [3.8, 4) is 17.1 Å². The number of esters is 1. The predicted molar refractivity (Wildman–Crippen MR) is 96.4 cm³/mol. The van der Waals surface area contributed by atoms with Crippen LogP contribution in [0.3, 0.4) is 0 Å². The minimum Gasteiger partial charge on any atom is -0.402 e. The van der Waals surface area contributed by atoms with Crippen LogP contribution in [-0.2, 0) is 11.3 Å². The number of rotatable bonds is 3. The highest BCUT2D eigenvalue weighted by Crippen LogP contribution is 2.39. The number of halogens is 4. The monoisotopic (exact) mass is 404 g/mol. The molecule has 0 atom stereocenters. The summed E-state index contributed by atoms with van der Waals surface area (Å²) in [6, 6.07) is 8.67.